The molecule has 1 nitrogen and oxygen atoms in total. The van der Waals surface area contributed by atoms with Gasteiger partial charge >= 0.3 is 0 Å². The average Bonchev–Trinajstić information content (AvgIpc) is 2.46. The van der Waals surface area contributed by atoms with Crippen molar-refractivity contribution in [3.05, 3.63) is 60.9 Å². The van der Waals surface area contributed by atoms with Gasteiger partial charge in [0.2, 0.25) is 0 Å². The number of hydrogen-bond acceptors (Lipinski definition) is 1. The van der Waals surface area contributed by atoms with Crippen LogP contribution in [-0.2, 0) is 0 Å². The van der Waals surface area contributed by atoms with Crippen molar-refractivity contribution in [3.8, 4) is 0 Å². The largest absolute Gasteiger partial charge is 0.268 e. The van der Waals surface area contributed by atoms with Crippen LogP contribution in [0, 0.1) is 5.41 Å². The molecule has 0 N–H and O–H groups in total. The Morgan fingerprint density at radius 1 is 1.11 bits per heavy atom. The zero-order valence-electron chi connectivity index (χ0n) is 12.1. The Morgan fingerprint density at radius 3 is 2.26 bits per heavy atom. The number of aliphatic imine (C=N–C) groups is 1. The lowest BCUT2D eigenvalue weighted by Gasteiger charge is -2.39. The van der Waals surface area contributed by atoms with Gasteiger partial charge in [0.1, 0.15) is 0 Å². The van der Waals surface area contributed by atoms with E-state index in [1.165, 1.54) is 24.8 Å². The standard InChI is InChI=1S/C18H25N/c1-5-8-13-16(7-3)18(14-10-9-11-15-18)17(19-4)12-6-2/h5-8,12-13H,1-2,4,9-11,14-15H2,3H3/b13-8-,16-7+,17-12-. The van der Waals surface area contributed by atoms with Crippen molar-refractivity contribution >= 4 is 6.72 Å². The number of nitrogens with zero attached hydrogens (tertiary/aromatic N) is 1. The van der Waals surface area contributed by atoms with E-state index in [1.807, 2.05) is 24.3 Å². The Kier molecular flexibility index (Phi) is 6.27. The number of allylic oxidation sites excluding steroid dienone is 7. The lowest BCUT2D eigenvalue weighted by atomic mass is 9.66. The first-order valence-electron chi connectivity index (χ1n) is 7.01. The van der Waals surface area contributed by atoms with Crippen molar-refractivity contribution in [2.24, 2.45) is 10.4 Å². The van der Waals surface area contributed by atoms with Gasteiger partial charge in [-0.1, -0.05) is 62.8 Å². The van der Waals surface area contributed by atoms with Gasteiger partial charge in [-0.2, -0.15) is 0 Å². The third-order valence-electron chi connectivity index (χ3n) is 3.92. The van der Waals surface area contributed by atoms with Gasteiger partial charge in [0.15, 0.2) is 0 Å². The van der Waals surface area contributed by atoms with Crippen molar-refractivity contribution in [1.82, 2.24) is 0 Å². The molecule has 1 heteroatoms. The second-order valence-electron chi connectivity index (χ2n) is 4.93. The highest BCUT2D eigenvalue weighted by molar-refractivity contribution is 5.42. The molecule has 19 heavy (non-hydrogen) atoms. The first-order chi connectivity index (χ1) is 9.25. The molecule has 102 valence electrons. The van der Waals surface area contributed by atoms with Crippen LogP contribution in [0.3, 0.4) is 0 Å². The Balaban J connectivity index is 3.28. The maximum atomic E-state index is 4.29. The highest BCUT2D eigenvalue weighted by atomic mass is 14.8. The highest BCUT2D eigenvalue weighted by Gasteiger charge is 2.37. The molecule has 1 saturated carbocycles. The molecule has 0 amide bonds. The van der Waals surface area contributed by atoms with E-state index in [0.29, 0.717) is 0 Å². The van der Waals surface area contributed by atoms with Crippen LogP contribution < -0.4 is 0 Å². The van der Waals surface area contributed by atoms with Crippen LogP contribution in [0.15, 0.2) is 65.9 Å². The van der Waals surface area contributed by atoms with Crippen molar-refractivity contribution in [2.75, 3.05) is 0 Å². The minimum atomic E-state index is 0.00243. The molecule has 0 aromatic carbocycles. The second kappa shape index (κ2) is 7.73. The molecule has 1 rings (SSSR count). The maximum Gasteiger partial charge on any atom is 0.0501 e. The summed E-state index contributed by atoms with van der Waals surface area (Å²) < 4.78 is 0. The quantitative estimate of drug-likeness (QED) is 0.445. The zero-order valence-corrected chi connectivity index (χ0v) is 12.1. The molecular weight excluding hydrogens is 230 g/mol. The maximum absolute atomic E-state index is 4.29. The summed E-state index contributed by atoms with van der Waals surface area (Å²) in [5.74, 6) is 0. The van der Waals surface area contributed by atoms with Gasteiger partial charge in [0, 0.05) is 5.41 Å². The molecule has 1 aliphatic carbocycles. The summed E-state index contributed by atoms with van der Waals surface area (Å²) in [7, 11) is 0. The Morgan fingerprint density at radius 2 is 1.79 bits per heavy atom. The van der Waals surface area contributed by atoms with Gasteiger partial charge in [0.05, 0.1) is 5.70 Å². The van der Waals surface area contributed by atoms with Crippen LogP contribution in [0.25, 0.3) is 0 Å². The fourth-order valence-corrected chi connectivity index (χ4v) is 3.03. The van der Waals surface area contributed by atoms with E-state index >= 15 is 0 Å². The molecule has 0 aromatic rings. The minimum absolute atomic E-state index is 0.00243. The topological polar surface area (TPSA) is 12.4 Å². The molecule has 0 aliphatic heterocycles. The summed E-state index contributed by atoms with van der Waals surface area (Å²) in [5, 5.41) is 0. The fraction of sp³-hybridized carbons (Fsp3) is 0.389. The van der Waals surface area contributed by atoms with E-state index in [4.69, 9.17) is 0 Å². The van der Waals surface area contributed by atoms with Crippen LogP contribution in [0.5, 0.6) is 0 Å². The van der Waals surface area contributed by atoms with E-state index in [0.717, 1.165) is 18.5 Å². The average molecular weight is 255 g/mol. The van der Waals surface area contributed by atoms with E-state index < -0.39 is 0 Å². The van der Waals surface area contributed by atoms with Gasteiger partial charge in [-0.05, 0) is 38.1 Å². The smallest absolute Gasteiger partial charge is 0.0501 e. The molecule has 0 spiro atoms. The summed E-state index contributed by atoms with van der Waals surface area (Å²) in [4.78, 5) is 4.29. The molecule has 0 saturated heterocycles. The Hall–Kier alpha value is -1.63. The van der Waals surface area contributed by atoms with Gasteiger partial charge in [0.25, 0.3) is 0 Å². The highest BCUT2D eigenvalue weighted by Crippen LogP contribution is 2.49. The van der Waals surface area contributed by atoms with Crippen LogP contribution in [-0.4, -0.2) is 6.72 Å². The number of hydrogen-bond donors (Lipinski definition) is 0. The van der Waals surface area contributed by atoms with Gasteiger partial charge < -0.3 is 0 Å². The van der Waals surface area contributed by atoms with E-state index in [2.05, 4.69) is 43.9 Å². The molecular formula is C18H25N. The summed E-state index contributed by atoms with van der Waals surface area (Å²) in [5.41, 5.74) is 2.36. The van der Waals surface area contributed by atoms with Gasteiger partial charge in [-0.3, -0.25) is 4.99 Å². The molecule has 0 bridgehead atoms. The normalized spacial score (nSPS) is 20.3. The van der Waals surface area contributed by atoms with Crippen LogP contribution in [0.1, 0.15) is 39.0 Å². The lowest BCUT2D eigenvalue weighted by molar-refractivity contribution is 0.293. The Labute approximate surface area is 117 Å². The predicted octanol–water partition coefficient (Wildman–Crippen LogP) is 5.40. The second-order valence-corrected chi connectivity index (χ2v) is 4.93. The third kappa shape index (κ3) is 3.44. The first-order valence-corrected chi connectivity index (χ1v) is 7.01. The summed E-state index contributed by atoms with van der Waals surface area (Å²) in [6, 6.07) is 0. The summed E-state index contributed by atoms with van der Waals surface area (Å²) >= 11 is 0. The van der Waals surface area contributed by atoms with Crippen molar-refractivity contribution < 1.29 is 0 Å². The van der Waals surface area contributed by atoms with Crippen molar-refractivity contribution in [2.45, 2.75) is 39.0 Å². The van der Waals surface area contributed by atoms with Crippen LogP contribution in [0.4, 0.5) is 0 Å². The fourth-order valence-electron chi connectivity index (χ4n) is 3.03. The molecule has 1 fully saturated rings. The molecule has 1 aliphatic rings. The van der Waals surface area contributed by atoms with Crippen LogP contribution in [0.2, 0.25) is 0 Å². The number of rotatable bonds is 6. The summed E-state index contributed by atoms with van der Waals surface area (Å²) in [6.45, 7) is 13.4. The summed E-state index contributed by atoms with van der Waals surface area (Å²) in [6.07, 6.45) is 18.0. The molecule has 0 unspecified atom stereocenters. The minimum Gasteiger partial charge on any atom is -0.268 e. The third-order valence-corrected chi connectivity index (χ3v) is 3.92. The van der Waals surface area contributed by atoms with Crippen LogP contribution >= 0.6 is 0 Å². The lowest BCUT2D eigenvalue weighted by Crippen LogP contribution is -2.27. The van der Waals surface area contributed by atoms with E-state index in [-0.39, 0.29) is 5.41 Å². The first kappa shape index (κ1) is 15.4. The molecule has 0 radical (unpaired) electrons. The zero-order chi connectivity index (χ0) is 14.1. The SMILES string of the molecule is C=C/C=C\C(=C/C)C1(/C(=C/C=C)N=C)CCCCC1. The van der Waals surface area contributed by atoms with E-state index in [9.17, 15) is 0 Å². The van der Waals surface area contributed by atoms with Gasteiger partial charge in [-0.15, -0.1) is 0 Å². The Bertz CT molecular complexity index is 415. The van der Waals surface area contributed by atoms with Gasteiger partial charge in [-0.25, -0.2) is 0 Å². The molecule has 0 aromatic heterocycles. The van der Waals surface area contributed by atoms with Crippen molar-refractivity contribution in [1.29, 1.82) is 0 Å². The van der Waals surface area contributed by atoms with E-state index in [1.54, 1.807) is 0 Å². The predicted molar refractivity (Wildman–Crippen MR) is 86.4 cm³/mol. The molecule has 0 atom stereocenters. The monoisotopic (exact) mass is 255 g/mol. The molecule has 0 heterocycles. The van der Waals surface area contributed by atoms with Crippen molar-refractivity contribution in [3.63, 3.8) is 0 Å².